The van der Waals surface area contributed by atoms with Gasteiger partial charge in [-0.1, -0.05) is 20.3 Å². The fraction of sp³-hybridized carbons (Fsp3) is 0.692. The SMILES string of the molecule is CCCCOCc1occc1CNCCC. The Kier molecular flexibility index (Phi) is 6.93. The molecule has 1 aromatic rings. The molecule has 3 nitrogen and oxygen atoms in total. The smallest absolute Gasteiger partial charge is 0.133 e. The highest BCUT2D eigenvalue weighted by Gasteiger charge is 2.05. The summed E-state index contributed by atoms with van der Waals surface area (Å²) in [4.78, 5) is 0. The van der Waals surface area contributed by atoms with Crippen LogP contribution in [0.4, 0.5) is 0 Å². The molecule has 0 unspecified atom stereocenters. The predicted molar refractivity (Wildman–Crippen MR) is 65.3 cm³/mol. The molecule has 1 rings (SSSR count). The van der Waals surface area contributed by atoms with Crippen molar-refractivity contribution in [1.29, 1.82) is 0 Å². The second kappa shape index (κ2) is 8.36. The summed E-state index contributed by atoms with van der Waals surface area (Å²) in [5, 5.41) is 3.36. The third-order valence-corrected chi connectivity index (χ3v) is 2.46. The van der Waals surface area contributed by atoms with Gasteiger partial charge in [0.1, 0.15) is 12.4 Å². The average Bonchev–Trinajstić information content (AvgIpc) is 2.73. The highest BCUT2D eigenvalue weighted by Crippen LogP contribution is 2.11. The van der Waals surface area contributed by atoms with E-state index in [1.807, 2.05) is 6.07 Å². The van der Waals surface area contributed by atoms with Crippen LogP contribution < -0.4 is 5.32 Å². The molecule has 0 spiro atoms. The lowest BCUT2D eigenvalue weighted by Crippen LogP contribution is -2.14. The van der Waals surface area contributed by atoms with Gasteiger partial charge in [-0.15, -0.1) is 0 Å². The lowest BCUT2D eigenvalue weighted by atomic mass is 10.2. The summed E-state index contributed by atoms with van der Waals surface area (Å²) in [6, 6.07) is 2.02. The van der Waals surface area contributed by atoms with E-state index in [2.05, 4.69) is 19.2 Å². The quantitative estimate of drug-likeness (QED) is 0.656. The maximum Gasteiger partial charge on any atom is 0.133 e. The number of furan rings is 1. The molecule has 0 amide bonds. The molecule has 0 aliphatic heterocycles. The number of unbranched alkanes of at least 4 members (excludes halogenated alkanes) is 1. The first kappa shape index (κ1) is 13.3. The highest BCUT2D eigenvalue weighted by atomic mass is 16.5. The van der Waals surface area contributed by atoms with E-state index in [0.717, 1.165) is 38.3 Å². The van der Waals surface area contributed by atoms with Crippen LogP contribution in [0.3, 0.4) is 0 Å². The third-order valence-electron chi connectivity index (χ3n) is 2.46. The van der Waals surface area contributed by atoms with E-state index in [0.29, 0.717) is 6.61 Å². The summed E-state index contributed by atoms with van der Waals surface area (Å²) < 4.78 is 11.0. The zero-order valence-electron chi connectivity index (χ0n) is 10.4. The van der Waals surface area contributed by atoms with Gasteiger partial charge in [0.25, 0.3) is 0 Å². The minimum atomic E-state index is 0.593. The van der Waals surface area contributed by atoms with Crippen LogP contribution >= 0.6 is 0 Å². The molecule has 0 aromatic carbocycles. The molecule has 92 valence electrons. The van der Waals surface area contributed by atoms with Crippen LogP contribution in [0, 0.1) is 0 Å². The van der Waals surface area contributed by atoms with Crippen LogP contribution in [-0.2, 0) is 17.9 Å². The molecular formula is C13H23NO2. The van der Waals surface area contributed by atoms with Gasteiger partial charge in [-0.05, 0) is 25.5 Å². The maximum absolute atomic E-state index is 5.54. The van der Waals surface area contributed by atoms with Gasteiger partial charge in [0, 0.05) is 18.7 Å². The minimum Gasteiger partial charge on any atom is -0.467 e. The first-order valence-corrected chi connectivity index (χ1v) is 6.22. The second-order valence-electron chi connectivity index (χ2n) is 3.95. The van der Waals surface area contributed by atoms with Crippen molar-refractivity contribution < 1.29 is 9.15 Å². The number of hydrogen-bond acceptors (Lipinski definition) is 3. The molecule has 0 atom stereocenters. The maximum atomic E-state index is 5.54. The van der Waals surface area contributed by atoms with Crippen LogP contribution in [0.5, 0.6) is 0 Å². The molecule has 0 radical (unpaired) electrons. The Bertz CT molecular complexity index is 271. The largest absolute Gasteiger partial charge is 0.467 e. The van der Waals surface area contributed by atoms with Gasteiger partial charge in [-0.3, -0.25) is 0 Å². The number of ether oxygens (including phenoxy) is 1. The van der Waals surface area contributed by atoms with E-state index in [-0.39, 0.29) is 0 Å². The molecule has 0 saturated carbocycles. The summed E-state index contributed by atoms with van der Waals surface area (Å²) >= 11 is 0. The van der Waals surface area contributed by atoms with Crippen molar-refractivity contribution in [3.05, 3.63) is 23.7 Å². The Morgan fingerprint density at radius 2 is 2.19 bits per heavy atom. The van der Waals surface area contributed by atoms with Crippen molar-refractivity contribution in [2.75, 3.05) is 13.2 Å². The van der Waals surface area contributed by atoms with Gasteiger partial charge < -0.3 is 14.5 Å². The van der Waals surface area contributed by atoms with Crippen LogP contribution in [0.1, 0.15) is 44.4 Å². The van der Waals surface area contributed by atoms with E-state index in [4.69, 9.17) is 9.15 Å². The summed E-state index contributed by atoms with van der Waals surface area (Å²) in [6.07, 6.45) is 5.18. The topological polar surface area (TPSA) is 34.4 Å². The molecule has 1 heterocycles. The molecule has 1 aromatic heterocycles. The summed E-state index contributed by atoms with van der Waals surface area (Å²) in [6.45, 7) is 7.65. The lowest BCUT2D eigenvalue weighted by Gasteiger charge is -2.05. The number of nitrogens with one attached hydrogen (secondary N) is 1. The molecule has 0 aliphatic carbocycles. The fourth-order valence-electron chi connectivity index (χ4n) is 1.46. The van der Waals surface area contributed by atoms with E-state index in [1.165, 1.54) is 12.0 Å². The zero-order valence-corrected chi connectivity index (χ0v) is 10.4. The third kappa shape index (κ3) is 4.81. The second-order valence-corrected chi connectivity index (χ2v) is 3.95. The lowest BCUT2D eigenvalue weighted by molar-refractivity contribution is 0.103. The molecule has 1 N–H and O–H groups in total. The van der Waals surface area contributed by atoms with Crippen LogP contribution in [0.25, 0.3) is 0 Å². The van der Waals surface area contributed by atoms with Gasteiger partial charge in [-0.25, -0.2) is 0 Å². The van der Waals surface area contributed by atoms with Crippen LogP contribution in [0.15, 0.2) is 16.7 Å². The Morgan fingerprint density at radius 1 is 1.31 bits per heavy atom. The van der Waals surface area contributed by atoms with Gasteiger partial charge in [0.2, 0.25) is 0 Å². The number of hydrogen-bond donors (Lipinski definition) is 1. The Labute approximate surface area is 98.2 Å². The summed E-state index contributed by atoms with van der Waals surface area (Å²) in [7, 11) is 0. The van der Waals surface area contributed by atoms with Crippen molar-refractivity contribution in [1.82, 2.24) is 5.32 Å². The van der Waals surface area contributed by atoms with Crippen molar-refractivity contribution >= 4 is 0 Å². The first-order chi connectivity index (χ1) is 7.88. The molecule has 0 fully saturated rings. The average molecular weight is 225 g/mol. The van der Waals surface area contributed by atoms with Gasteiger partial charge in [0.05, 0.1) is 6.26 Å². The van der Waals surface area contributed by atoms with Gasteiger partial charge in [0.15, 0.2) is 0 Å². The van der Waals surface area contributed by atoms with Crippen LogP contribution in [0.2, 0.25) is 0 Å². The molecule has 0 saturated heterocycles. The molecule has 0 bridgehead atoms. The Morgan fingerprint density at radius 3 is 2.94 bits per heavy atom. The highest BCUT2D eigenvalue weighted by molar-refractivity contribution is 5.15. The molecular weight excluding hydrogens is 202 g/mol. The van der Waals surface area contributed by atoms with Crippen molar-refractivity contribution in [3.63, 3.8) is 0 Å². The molecule has 3 heteroatoms. The minimum absolute atomic E-state index is 0.593. The fourth-order valence-corrected chi connectivity index (χ4v) is 1.46. The monoisotopic (exact) mass is 225 g/mol. The standard InChI is InChI=1S/C13H23NO2/c1-3-5-8-15-11-13-12(6-9-16-13)10-14-7-4-2/h6,9,14H,3-5,7-8,10-11H2,1-2H3. The molecule has 0 aliphatic rings. The summed E-state index contributed by atoms with van der Waals surface area (Å²) in [5.41, 5.74) is 1.21. The summed E-state index contributed by atoms with van der Waals surface area (Å²) in [5.74, 6) is 0.958. The Hall–Kier alpha value is -0.800. The zero-order chi connectivity index (χ0) is 11.6. The van der Waals surface area contributed by atoms with E-state index in [9.17, 15) is 0 Å². The van der Waals surface area contributed by atoms with Crippen molar-refractivity contribution in [3.8, 4) is 0 Å². The van der Waals surface area contributed by atoms with Crippen molar-refractivity contribution in [2.45, 2.75) is 46.3 Å². The first-order valence-electron chi connectivity index (χ1n) is 6.22. The predicted octanol–water partition coefficient (Wildman–Crippen LogP) is 3.10. The van der Waals surface area contributed by atoms with Gasteiger partial charge in [-0.2, -0.15) is 0 Å². The van der Waals surface area contributed by atoms with E-state index in [1.54, 1.807) is 6.26 Å². The van der Waals surface area contributed by atoms with Crippen LogP contribution in [-0.4, -0.2) is 13.2 Å². The van der Waals surface area contributed by atoms with E-state index >= 15 is 0 Å². The van der Waals surface area contributed by atoms with Crippen molar-refractivity contribution in [2.24, 2.45) is 0 Å². The Balaban J connectivity index is 2.26. The molecule has 16 heavy (non-hydrogen) atoms. The van der Waals surface area contributed by atoms with E-state index < -0.39 is 0 Å². The van der Waals surface area contributed by atoms with Gasteiger partial charge >= 0.3 is 0 Å². The number of rotatable bonds is 9. The normalized spacial score (nSPS) is 10.9.